The van der Waals surface area contributed by atoms with Gasteiger partial charge in [0.05, 0.1) is 0 Å². The van der Waals surface area contributed by atoms with Crippen LogP contribution in [0.15, 0.2) is 75.7 Å². The van der Waals surface area contributed by atoms with Crippen molar-refractivity contribution in [2.75, 3.05) is 0 Å². The lowest BCUT2D eigenvalue weighted by molar-refractivity contribution is 0.579. The number of nitrogens with zero attached hydrogens (tertiary/aromatic N) is 7. The van der Waals surface area contributed by atoms with E-state index < -0.39 is 0 Å². The molecule has 0 atom stereocenters. The molecular formula is C27H13N7O. The fourth-order valence-corrected chi connectivity index (χ4v) is 4.20. The molecule has 1 aliphatic rings. The first-order chi connectivity index (χ1) is 17.1. The number of nitriles is 4. The number of benzene rings is 2. The molecule has 8 nitrogen and oxygen atoms in total. The van der Waals surface area contributed by atoms with Crippen LogP contribution in [-0.4, -0.2) is 14.5 Å². The second kappa shape index (κ2) is 8.34. The maximum atomic E-state index is 9.64. The van der Waals surface area contributed by atoms with Crippen LogP contribution in [0.25, 0.3) is 40.0 Å². The van der Waals surface area contributed by atoms with Crippen LogP contribution in [0.5, 0.6) is 0 Å². The molecule has 8 heteroatoms. The van der Waals surface area contributed by atoms with Crippen LogP contribution in [0.2, 0.25) is 0 Å². The molecule has 162 valence electrons. The van der Waals surface area contributed by atoms with Crippen molar-refractivity contribution < 1.29 is 4.42 Å². The molecule has 0 saturated heterocycles. The molecule has 0 N–H and O–H groups in total. The third-order valence-electron chi connectivity index (χ3n) is 5.70. The van der Waals surface area contributed by atoms with Gasteiger partial charge < -0.3 is 8.98 Å². The van der Waals surface area contributed by atoms with Crippen molar-refractivity contribution in [3.8, 4) is 35.7 Å². The van der Waals surface area contributed by atoms with Crippen molar-refractivity contribution >= 4 is 28.6 Å². The Morgan fingerprint density at radius 1 is 0.800 bits per heavy atom. The number of aromatic nitrogens is 3. The summed E-state index contributed by atoms with van der Waals surface area (Å²) >= 11 is 0. The molecule has 35 heavy (non-hydrogen) atoms. The molecule has 0 aliphatic heterocycles. The summed E-state index contributed by atoms with van der Waals surface area (Å²) in [6, 6.07) is 24.3. The Hall–Kier alpha value is -5.70. The van der Waals surface area contributed by atoms with Crippen molar-refractivity contribution in [2.24, 2.45) is 7.05 Å². The molecule has 2 aromatic carbocycles. The standard InChI is InChI=1S/C27H13N7O/c1-34-25(16-7-3-2-4-8-16)33-27-26(34)32-22(35-27)11-21-23(17(12-28)13-29)19-9-5-6-10-20(19)24(21)18(14-30)15-31/h2-11H,1H3. The first-order valence-electron chi connectivity index (χ1n) is 10.4. The number of imidazole rings is 1. The van der Waals surface area contributed by atoms with Crippen LogP contribution >= 0.6 is 0 Å². The minimum atomic E-state index is -0.144. The van der Waals surface area contributed by atoms with Gasteiger partial charge in [-0.2, -0.15) is 31.0 Å². The topological polar surface area (TPSA) is 139 Å². The van der Waals surface area contributed by atoms with Crippen LogP contribution in [0.1, 0.15) is 17.0 Å². The summed E-state index contributed by atoms with van der Waals surface area (Å²) in [7, 11) is 1.83. The van der Waals surface area contributed by atoms with Crippen molar-refractivity contribution in [1.29, 1.82) is 21.0 Å². The second-order valence-electron chi connectivity index (χ2n) is 7.59. The number of hydrogen-bond donors (Lipinski definition) is 0. The van der Waals surface area contributed by atoms with Crippen molar-refractivity contribution in [2.45, 2.75) is 0 Å². The minimum absolute atomic E-state index is 0.144. The van der Waals surface area contributed by atoms with Gasteiger partial charge >= 0.3 is 0 Å². The van der Waals surface area contributed by atoms with Crippen LogP contribution < -0.4 is 0 Å². The average Bonchev–Trinajstić information content (AvgIpc) is 3.53. The van der Waals surface area contributed by atoms with Crippen molar-refractivity contribution in [3.05, 3.63) is 88.3 Å². The molecule has 5 rings (SSSR count). The number of allylic oxidation sites excluding steroid dienone is 5. The van der Waals surface area contributed by atoms with E-state index in [0.29, 0.717) is 45.0 Å². The average molecular weight is 451 g/mol. The molecule has 0 bridgehead atoms. The van der Waals surface area contributed by atoms with Crippen LogP contribution in [0.3, 0.4) is 0 Å². The Labute approximate surface area is 199 Å². The number of rotatable bonds is 2. The number of oxazole rings is 1. The largest absolute Gasteiger partial charge is 0.417 e. The zero-order chi connectivity index (χ0) is 24.5. The highest BCUT2D eigenvalue weighted by Crippen LogP contribution is 2.48. The van der Waals surface area contributed by atoms with E-state index in [-0.39, 0.29) is 17.0 Å². The lowest BCUT2D eigenvalue weighted by Gasteiger charge is -2.04. The minimum Gasteiger partial charge on any atom is -0.417 e. The molecule has 0 saturated carbocycles. The molecule has 0 amide bonds. The predicted molar refractivity (Wildman–Crippen MR) is 127 cm³/mol. The van der Waals surface area contributed by atoms with Gasteiger partial charge in [-0.15, -0.1) is 0 Å². The summed E-state index contributed by atoms with van der Waals surface area (Å²) in [6.45, 7) is 0. The van der Waals surface area contributed by atoms with E-state index in [0.717, 1.165) is 5.56 Å². The van der Waals surface area contributed by atoms with E-state index in [4.69, 9.17) is 4.42 Å². The lowest BCUT2D eigenvalue weighted by Crippen LogP contribution is -1.94. The smallest absolute Gasteiger partial charge is 0.267 e. The van der Waals surface area contributed by atoms with Gasteiger partial charge in [0.25, 0.3) is 5.71 Å². The van der Waals surface area contributed by atoms with Gasteiger partial charge in [0.1, 0.15) is 41.2 Å². The van der Waals surface area contributed by atoms with Crippen molar-refractivity contribution in [3.63, 3.8) is 0 Å². The normalized spacial score (nSPS) is 11.9. The summed E-state index contributed by atoms with van der Waals surface area (Å²) in [6.07, 6.45) is 1.54. The Bertz CT molecular complexity index is 1680. The van der Waals surface area contributed by atoms with E-state index in [1.165, 1.54) is 6.08 Å². The summed E-state index contributed by atoms with van der Waals surface area (Å²) in [5, 5.41) is 38.5. The fraction of sp³-hybridized carbons (Fsp3) is 0.0370. The highest BCUT2D eigenvalue weighted by molar-refractivity contribution is 6.14. The Morgan fingerprint density at radius 3 is 1.86 bits per heavy atom. The Kier molecular flexibility index (Phi) is 5.04. The van der Waals surface area contributed by atoms with E-state index >= 15 is 0 Å². The van der Waals surface area contributed by atoms with E-state index in [9.17, 15) is 21.0 Å². The van der Waals surface area contributed by atoms with Gasteiger partial charge in [-0.05, 0) is 16.7 Å². The summed E-state index contributed by atoms with van der Waals surface area (Å²) < 4.78 is 7.71. The molecule has 1 aliphatic carbocycles. The Balaban J connectivity index is 1.76. The molecule has 0 radical (unpaired) electrons. The Morgan fingerprint density at radius 2 is 1.34 bits per heavy atom. The zero-order valence-corrected chi connectivity index (χ0v) is 18.3. The van der Waals surface area contributed by atoms with Crippen LogP contribution in [-0.2, 0) is 7.05 Å². The maximum absolute atomic E-state index is 9.64. The third kappa shape index (κ3) is 3.28. The van der Waals surface area contributed by atoms with Gasteiger partial charge in [-0.25, -0.2) is 0 Å². The SMILES string of the molecule is Cn1c(-c2ccccc2)nc2oc(C=C3C(=C(C#N)C#N)c4ccccc4C3=C(C#N)C#N)nc21. The second-order valence-corrected chi connectivity index (χ2v) is 7.59. The summed E-state index contributed by atoms with van der Waals surface area (Å²) in [5.41, 5.74) is 3.58. The van der Waals surface area contributed by atoms with Gasteiger partial charge in [-0.3, -0.25) is 0 Å². The molecule has 0 unspecified atom stereocenters. The first-order valence-corrected chi connectivity index (χ1v) is 10.4. The molecular weight excluding hydrogens is 438 g/mol. The molecule has 2 aromatic heterocycles. The number of fused-ring (bicyclic) bond motifs is 2. The predicted octanol–water partition coefficient (Wildman–Crippen LogP) is 4.93. The fourth-order valence-electron chi connectivity index (χ4n) is 4.20. The van der Waals surface area contributed by atoms with Crippen molar-refractivity contribution in [1.82, 2.24) is 14.5 Å². The maximum Gasteiger partial charge on any atom is 0.267 e. The van der Waals surface area contributed by atoms with E-state index in [1.54, 1.807) is 28.8 Å². The van der Waals surface area contributed by atoms with Crippen LogP contribution in [0.4, 0.5) is 0 Å². The summed E-state index contributed by atoms with van der Waals surface area (Å²) in [4.78, 5) is 9.12. The van der Waals surface area contributed by atoms with Crippen LogP contribution in [0, 0.1) is 45.3 Å². The molecule has 2 heterocycles. The van der Waals surface area contributed by atoms with E-state index in [2.05, 4.69) is 9.97 Å². The molecule has 4 aromatic rings. The lowest BCUT2D eigenvalue weighted by atomic mass is 9.96. The zero-order valence-electron chi connectivity index (χ0n) is 18.3. The third-order valence-corrected chi connectivity index (χ3v) is 5.70. The first kappa shape index (κ1) is 21.2. The summed E-state index contributed by atoms with van der Waals surface area (Å²) in [5.74, 6) is 0.856. The number of aryl methyl sites for hydroxylation is 1. The quantitative estimate of drug-likeness (QED) is 0.394. The highest BCUT2D eigenvalue weighted by Gasteiger charge is 2.32. The van der Waals surface area contributed by atoms with Gasteiger partial charge in [0.2, 0.25) is 11.5 Å². The van der Waals surface area contributed by atoms with Gasteiger partial charge in [-0.1, -0.05) is 54.6 Å². The van der Waals surface area contributed by atoms with E-state index in [1.807, 2.05) is 61.7 Å². The van der Waals surface area contributed by atoms with Gasteiger partial charge in [0, 0.05) is 29.8 Å². The van der Waals surface area contributed by atoms with Gasteiger partial charge in [0.15, 0.2) is 0 Å². The monoisotopic (exact) mass is 451 g/mol. The molecule has 0 fully saturated rings. The molecule has 0 spiro atoms. The number of hydrogen-bond acceptors (Lipinski definition) is 7. The highest BCUT2D eigenvalue weighted by atomic mass is 16.4.